The van der Waals surface area contributed by atoms with Crippen molar-refractivity contribution < 1.29 is 4.79 Å². The molecule has 0 saturated heterocycles. The number of allylic oxidation sites excluding steroid dienone is 1. The van der Waals surface area contributed by atoms with Crippen LogP contribution in [0.15, 0.2) is 60.2 Å². The summed E-state index contributed by atoms with van der Waals surface area (Å²) in [4.78, 5) is 11.3. The van der Waals surface area contributed by atoms with E-state index in [1.807, 2.05) is 54.6 Å². The quantitative estimate of drug-likeness (QED) is 0.741. The Hall–Kier alpha value is -1.86. The van der Waals surface area contributed by atoms with Gasteiger partial charge in [0.25, 0.3) is 0 Å². The van der Waals surface area contributed by atoms with Crippen LogP contribution in [0.2, 0.25) is 0 Å². The summed E-state index contributed by atoms with van der Waals surface area (Å²) >= 11 is 6.30. The second kappa shape index (κ2) is 4.43. The van der Waals surface area contributed by atoms with Gasteiger partial charge in [-0.3, -0.25) is 4.79 Å². The first-order valence-corrected chi connectivity index (χ1v) is 6.20. The molecule has 1 atom stereocenters. The number of aldehydes is 1. The van der Waals surface area contributed by atoms with Gasteiger partial charge in [-0.2, -0.15) is 0 Å². The highest BCUT2D eigenvalue weighted by Gasteiger charge is 2.30. The fourth-order valence-corrected chi connectivity index (χ4v) is 2.85. The number of rotatable bonds is 2. The van der Waals surface area contributed by atoms with Gasteiger partial charge in [-0.05, 0) is 16.7 Å². The average molecular weight is 255 g/mol. The van der Waals surface area contributed by atoms with Crippen LogP contribution >= 0.6 is 11.6 Å². The van der Waals surface area contributed by atoms with E-state index in [2.05, 4.69) is 0 Å². The number of hydrogen-bond acceptors (Lipinski definition) is 1. The van der Waals surface area contributed by atoms with Crippen molar-refractivity contribution in [2.75, 3.05) is 0 Å². The summed E-state index contributed by atoms with van der Waals surface area (Å²) in [6.45, 7) is 0. The van der Waals surface area contributed by atoms with Gasteiger partial charge in [0.05, 0.1) is 5.03 Å². The van der Waals surface area contributed by atoms with Crippen molar-refractivity contribution in [1.29, 1.82) is 0 Å². The highest BCUT2D eigenvalue weighted by Crippen LogP contribution is 2.46. The average Bonchev–Trinajstić information content (AvgIpc) is 2.73. The van der Waals surface area contributed by atoms with Crippen molar-refractivity contribution in [2.45, 2.75) is 5.92 Å². The van der Waals surface area contributed by atoms with Gasteiger partial charge in [-0.15, -0.1) is 0 Å². The van der Waals surface area contributed by atoms with E-state index in [9.17, 15) is 4.79 Å². The van der Waals surface area contributed by atoms with Crippen LogP contribution in [0.25, 0.3) is 5.03 Å². The molecule has 0 amide bonds. The van der Waals surface area contributed by atoms with Crippen LogP contribution in [0, 0.1) is 0 Å². The first-order chi connectivity index (χ1) is 8.83. The van der Waals surface area contributed by atoms with Gasteiger partial charge in [-0.25, -0.2) is 0 Å². The van der Waals surface area contributed by atoms with Crippen LogP contribution in [0.5, 0.6) is 0 Å². The van der Waals surface area contributed by atoms with Gasteiger partial charge in [0.15, 0.2) is 0 Å². The molecule has 0 aliphatic heterocycles. The fraction of sp³-hybridized carbons (Fsp3) is 0.0625. The van der Waals surface area contributed by atoms with E-state index in [0.717, 1.165) is 23.0 Å². The van der Waals surface area contributed by atoms with Crippen LogP contribution in [0.1, 0.15) is 22.6 Å². The van der Waals surface area contributed by atoms with Crippen molar-refractivity contribution in [2.24, 2.45) is 0 Å². The Morgan fingerprint density at radius 1 is 0.944 bits per heavy atom. The number of carbonyl (C=O) groups excluding carboxylic acids is 1. The Morgan fingerprint density at radius 3 is 2.33 bits per heavy atom. The lowest BCUT2D eigenvalue weighted by molar-refractivity contribution is -0.105. The Bertz CT molecular complexity index is 629. The second-order valence-electron chi connectivity index (χ2n) is 4.32. The van der Waals surface area contributed by atoms with E-state index < -0.39 is 0 Å². The summed E-state index contributed by atoms with van der Waals surface area (Å²) in [7, 11) is 0. The molecule has 0 N–H and O–H groups in total. The molecule has 1 unspecified atom stereocenters. The maximum absolute atomic E-state index is 11.3. The van der Waals surface area contributed by atoms with E-state index in [-0.39, 0.29) is 5.92 Å². The van der Waals surface area contributed by atoms with Crippen LogP contribution in [-0.4, -0.2) is 6.29 Å². The molecule has 18 heavy (non-hydrogen) atoms. The van der Waals surface area contributed by atoms with Crippen molar-refractivity contribution >= 4 is 22.9 Å². The minimum Gasteiger partial charge on any atom is -0.298 e. The van der Waals surface area contributed by atoms with Crippen molar-refractivity contribution in [3.63, 3.8) is 0 Å². The van der Waals surface area contributed by atoms with Crippen molar-refractivity contribution in [3.05, 3.63) is 76.9 Å². The van der Waals surface area contributed by atoms with Gasteiger partial charge >= 0.3 is 0 Å². The molecule has 1 aliphatic rings. The van der Waals surface area contributed by atoms with Crippen molar-refractivity contribution in [3.8, 4) is 0 Å². The molecule has 0 radical (unpaired) electrons. The standard InChI is InChI=1S/C16H11ClO/c17-16-13-9-5-4-8-12(13)15(14(16)10-18)11-6-2-1-3-7-11/h1-10,15H. The minimum atomic E-state index is -0.0348. The first-order valence-electron chi connectivity index (χ1n) is 5.82. The van der Waals surface area contributed by atoms with Gasteiger partial charge < -0.3 is 0 Å². The lowest BCUT2D eigenvalue weighted by Gasteiger charge is -2.13. The molecular weight excluding hydrogens is 244 g/mol. The monoisotopic (exact) mass is 254 g/mol. The largest absolute Gasteiger partial charge is 0.298 e. The van der Waals surface area contributed by atoms with E-state index in [1.54, 1.807) is 0 Å². The summed E-state index contributed by atoms with van der Waals surface area (Å²) in [5, 5.41) is 0.578. The number of hydrogen-bond donors (Lipinski definition) is 0. The topological polar surface area (TPSA) is 17.1 Å². The zero-order chi connectivity index (χ0) is 12.5. The Balaban J connectivity index is 2.23. The normalized spacial score (nSPS) is 17.7. The summed E-state index contributed by atoms with van der Waals surface area (Å²) < 4.78 is 0. The summed E-state index contributed by atoms with van der Waals surface area (Å²) in [5.74, 6) is -0.0348. The maximum atomic E-state index is 11.3. The smallest absolute Gasteiger partial charge is 0.148 e. The Labute approximate surface area is 111 Å². The van der Waals surface area contributed by atoms with Crippen LogP contribution in [0.3, 0.4) is 0 Å². The molecule has 1 nitrogen and oxygen atoms in total. The first kappa shape index (κ1) is 11.2. The van der Waals surface area contributed by atoms with E-state index in [0.29, 0.717) is 10.6 Å². The minimum absolute atomic E-state index is 0.0348. The number of carbonyl (C=O) groups is 1. The Kier molecular flexibility index (Phi) is 2.77. The second-order valence-corrected chi connectivity index (χ2v) is 4.70. The van der Waals surface area contributed by atoms with E-state index in [4.69, 9.17) is 11.6 Å². The van der Waals surface area contributed by atoms with Crippen molar-refractivity contribution in [1.82, 2.24) is 0 Å². The molecule has 2 aromatic rings. The zero-order valence-corrected chi connectivity index (χ0v) is 10.4. The molecule has 0 spiro atoms. The van der Waals surface area contributed by atoms with Crippen LogP contribution < -0.4 is 0 Å². The molecule has 1 aliphatic carbocycles. The molecular formula is C16H11ClO. The summed E-state index contributed by atoms with van der Waals surface area (Å²) in [5.41, 5.74) is 3.83. The molecule has 3 rings (SSSR count). The highest BCUT2D eigenvalue weighted by atomic mass is 35.5. The van der Waals surface area contributed by atoms with Gasteiger partial charge in [0, 0.05) is 11.5 Å². The molecule has 2 heteroatoms. The fourth-order valence-electron chi connectivity index (χ4n) is 2.52. The molecule has 0 bridgehead atoms. The molecule has 88 valence electrons. The molecule has 2 aromatic carbocycles. The predicted molar refractivity (Wildman–Crippen MR) is 73.6 cm³/mol. The summed E-state index contributed by atoms with van der Waals surface area (Å²) in [6.07, 6.45) is 0.875. The Morgan fingerprint density at radius 2 is 1.61 bits per heavy atom. The third-order valence-corrected chi connectivity index (χ3v) is 3.75. The molecule has 0 aromatic heterocycles. The number of halogens is 1. The maximum Gasteiger partial charge on any atom is 0.148 e. The van der Waals surface area contributed by atoms with E-state index in [1.165, 1.54) is 0 Å². The number of benzene rings is 2. The van der Waals surface area contributed by atoms with Gasteiger partial charge in [0.2, 0.25) is 0 Å². The predicted octanol–water partition coefficient (Wildman–Crippen LogP) is 3.98. The third-order valence-electron chi connectivity index (χ3n) is 3.33. The highest BCUT2D eigenvalue weighted by molar-refractivity contribution is 6.51. The third kappa shape index (κ3) is 1.59. The molecule has 0 fully saturated rings. The van der Waals surface area contributed by atoms with Gasteiger partial charge in [0.1, 0.15) is 6.29 Å². The lowest BCUT2D eigenvalue weighted by atomic mass is 9.89. The molecule has 0 saturated carbocycles. The zero-order valence-electron chi connectivity index (χ0n) is 9.64. The molecule has 0 heterocycles. The van der Waals surface area contributed by atoms with Crippen LogP contribution in [0.4, 0.5) is 0 Å². The van der Waals surface area contributed by atoms with Crippen LogP contribution in [-0.2, 0) is 4.79 Å². The summed E-state index contributed by atoms with van der Waals surface area (Å²) in [6, 6.07) is 17.9. The number of fused-ring (bicyclic) bond motifs is 1. The SMILES string of the molecule is O=CC1=C(Cl)c2ccccc2C1c1ccccc1. The lowest BCUT2D eigenvalue weighted by Crippen LogP contribution is -2.01. The van der Waals surface area contributed by atoms with Gasteiger partial charge in [-0.1, -0.05) is 66.2 Å². The van der Waals surface area contributed by atoms with E-state index >= 15 is 0 Å².